The van der Waals surface area contributed by atoms with Crippen LogP contribution in [-0.2, 0) is 11.3 Å². The van der Waals surface area contributed by atoms with Gasteiger partial charge in [0.2, 0.25) is 5.91 Å². The molecule has 0 radical (unpaired) electrons. The second-order valence-electron chi connectivity index (χ2n) is 5.06. The van der Waals surface area contributed by atoms with Gasteiger partial charge in [0.15, 0.2) is 0 Å². The van der Waals surface area contributed by atoms with E-state index in [-0.39, 0.29) is 30.7 Å². The summed E-state index contributed by atoms with van der Waals surface area (Å²) in [6.45, 7) is 3.90. The Balaban J connectivity index is 0.00000361. The fraction of sp³-hybridized carbons (Fsp3) is 0.500. The lowest BCUT2D eigenvalue weighted by Crippen LogP contribution is -2.51. The lowest BCUT2D eigenvalue weighted by atomic mass is 9.95. The minimum absolute atomic E-state index is 0. The minimum atomic E-state index is -0.897. The van der Waals surface area contributed by atoms with E-state index in [1.165, 1.54) is 11.0 Å². The van der Waals surface area contributed by atoms with E-state index in [4.69, 9.17) is 5.73 Å². The molecule has 0 aromatic heterocycles. The number of rotatable bonds is 5. The standard InChI is InChI=1S/C14H20BrFN2O.ClH/c1-4-7-14(2,17)13(19)18(3)9-10-8-11(15)5-6-12(10)16;/h5-6,8H,4,7,9,17H2,1-3H3;1H. The van der Waals surface area contributed by atoms with Crippen LogP contribution in [0.2, 0.25) is 0 Å². The molecule has 0 saturated carbocycles. The van der Waals surface area contributed by atoms with Crippen molar-refractivity contribution in [3.63, 3.8) is 0 Å². The Morgan fingerprint density at radius 2 is 2.10 bits per heavy atom. The van der Waals surface area contributed by atoms with Crippen LogP contribution in [0, 0.1) is 5.82 Å². The van der Waals surface area contributed by atoms with Gasteiger partial charge in [-0.05, 0) is 31.5 Å². The number of hydrogen-bond donors (Lipinski definition) is 1. The molecule has 1 atom stereocenters. The molecular formula is C14H21BrClFN2O. The number of likely N-dealkylation sites (N-methyl/N-ethyl adjacent to an activating group) is 1. The highest BCUT2D eigenvalue weighted by Gasteiger charge is 2.30. The predicted octanol–water partition coefficient (Wildman–Crippen LogP) is 3.49. The van der Waals surface area contributed by atoms with E-state index in [2.05, 4.69) is 15.9 Å². The van der Waals surface area contributed by atoms with Crippen molar-refractivity contribution >= 4 is 34.2 Å². The van der Waals surface area contributed by atoms with Crippen molar-refractivity contribution in [2.24, 2.45) is 5.73 Å². The third-order valence-corrected chi connectivity index (χ3v) is 3.51. The van der Waals surface area contributed by atoms with Gasteiger partial charge in [-0.2, -0.15) is 0 Å². The fourth-order valence-electron chi connectivity index (χ4n) is 2.05. The van der Waals surface area contributed by atoms with Crippen molar-refractivity contribution in [1.29, 1.82) is 0 Å². The second kappa shape index (κ2) is 7.96. The van der Waals surface area contributed by atoms with Crippen molar-refractivity contribution in [1.82, 2.24) is 4.90 Å². The Morgan fingerprint density at radius 1 is 1.50 bits per heavy atom. The summed E-state index contributed by atoms with van der Waals surface area (Å²) in [5.41, 5.74) is 5.57. The van der Waals surface area contributed by atoms with Crippen molar-refractivity contribution in [2.45, 2.75) is 38.8 Å². The smallest absolute Gasteiger partial charge is 0.242 e. The molecule has 2 N–H and O–H groups in total. The molecule has 1 unspecified atom stereocenters. The molecule has 1 amide bonds. The molecule has 20 heavy (non-hydrogen) atoms. The van der Waals surface area contributed by atoms with Crippen molar-refractivity contribution in [2.75, 3.05) is 7.05 Å². The zero-order valence-electron chi connectivity index (χ0n) is 12.0. The van der Waals surface area contributed by atoms with Gasteiger partial charge in [-0.3, -0.25) is 4.79 Å². The average Bonchev–Trinajstić information content (AvgIpc) is 2.32. The molecule has 0 heterocycles. The van der Waals surface area contributed by atoms with Gasteiger partial charge in [0.25, 0.3) is 0 Å². The Labute approximate surface area is 134 Å². The summed E-state index contributed by atoms with van der Waals surface area (Å²) in [4.78, 5) is 13.7. The van der Waals surface area contributed by atoms with E-state index in [0.29, 0.717) is 12.0 Å². The quantitative estimate of drug-likeness (QED) is 0.866. The summed E-state index contributed by atoms with van der Waals surface area (Å²) in [7, 11) is 1.64. The maximum atomic E-state index is 13.6. The van der Waals surface area contributed by atoms with E-state index in [9.17, 15) is 9.18 Å². The van der Waals surface area contributed by atoms with Gasteiger partial charge in [0, 0.05) is 23.6 Å². The summed E-state index contributed by atoms with van der Waals surface area (Å²) in [6, 6.07) is 4.68. The predicted molar refractivity (Wildman–Crippen MR) is 85.3 cm³/mol. The molecule has 0 fully saturated rings. The molecule has 0 aliphatic rings. The summed E-state index contributed by atoms with van der Waals surface area (Å²) >= 11 is 3.29. The number of hydrogen-bond acceptors (Lipinski definition) is 2. The first-order chi connectivity index (χ1) is 8.77. The fourth-order valence-corrected chi connectivity index (χ4v) is 2.46. The zero-order valence-corrected chi connectivity index (χ0v) is 14.4. The van der Waals surface area contributed by atoms with Crippen LogP contribution in [0.4, 0.5) is 4.39 Å². The van der Waals surface area contributed by atoms with Crippen LogP contribution in [0.5, 0.6) is 0 Å². The third kappa shape index (κ3) is 5.04. The van der Waals surface area contributed by atoms with Crippen LogP contribution in [0.3, 0.4) is 0 Å². The number of halogens is 3. The molecule has 1 aromatic carbocycles. The Morgan fingerprint density at radius 3 is 2.65 bits per heavy atom. The van der Waals surface area contributed by atoms with Gasteiger partial charge in [-0.15, -0.1) is 12.4 Å². The molecule has 1 rings (SSSR count). The number of nitrogens with two attached hydrogens (primary N) is 1. The van der Waals surface area contributed by atoms with Gasteiger partial charge in [0.05, 0.1) is 5.54 Å². The molecule has 0 aliphatic carbocycles. The Bertz CT molecular complexity index is 468. The highest BCUT2D eigenvalue weighted by Crippen LogP contribution is 2.19. The van der Waals surface area contributed by atoms with Gasteiger partial charge < -0.3 is 10.6 Å². The van der Waals surface area contributed by atoms with E-state index in [1.807, 2.05) is 6.92 Å². The zero-order chi connectivity index (χ0) is 14.6. The molecular weight excluding hydrogens is 347 g/mol. The number of amides is 1. The molecule has 0 spiro atoms. The summed E-state index contributed by atoms with van der Waals surface area (Å²) in [5, 5.41) is 0. The number of nitrogens with zero attached hydrogens (tertiary/aromatic N) is 1. The molecule has 0 saturated heterocycles. The van der Waals surface area contributed by atoms with Gasteiger partial charge >= 0.3 is 0 Å². The topological polar surface area (TPSA) is 46.3 Å². The number of carbonyl (C=O) groups excluding carboxylic acids is 1. The summed E-state index contributed by atoms with van der Waals surface area (Å²) in [6.07, 6.45) is 1.44. The summed E-state index contributed by atoms with van der Waals surface area (Å²) < 4.78 is 14.4. The van der Waals surface area contributed by atoms with Crippen LogP contribution in [-0.4, -0.2) is 23.4 Å². The largest absolute Gasteiger partial charge is 0.340 e. The molecule has 0 bridgehead atoms. The molecule has 114 valence electrons. The van der Waals surface area contributed by atoms with E-state index >= 15 is 0 Å². The molecule has 1 aromatic rings. The Kier molecular flexibility index (Phi) is 7.70. The average molecular weight is 368 g/mol. The second-order valence-corrected chi connectivity index (χ2v) is 5.98. The maximum Gasteiger partial charge on any atom is 0.242 e. The van der Waals surface area contributed by atoms with Gasteiger partial charge in [-0.25, -0.2) is 4.39 Å². The normalized spacial score (nSPS) is 13.3. The number of carbonyl (C=O) groups is 1. The Hall–Kier alpha value is -0.650. The number of benzene rings is 1. The first-order valence-corrected chi connectivity index (χ1v) is 7.05. The van der Waals surface area contributed by atoms with Crippen LogP contribution in [0.15, 0.2) is 22.7 Å². The van der Waals surface area contributed by atoms with Crippen LogP contribution < -0.4 is 5.73 Å². The van der Waals surface area contributed by atoms with E-state index in [0.717, 1.165) is 10.9 Å². The monoisotopic (exact) mass is 366 g/mol. The van der Waals surface area contributed by atoms with Crippen molar-refractivity contribution < 1.29 is 9.18 Å². The molecule has 6 heteroatoms. The van der Waals surface area contributed by atoms with Crippen molar-refractivity contribution in [3.8, 4) is 0 Å². The molecule has 0 aliphatic heterocycles. The van der Waals surface area contributed by atoms with Gasteiger partial charge in [-0.1, -0.05) is 29.3 Å². The maximum absolute atomic E-state index is 13.6. The van der Waals surface area contributed by atoms with Crippen LogP contribution in [0.25, 0.3) is 0 Å². The van der Waals surface area contributed by atoms with Crippen LogP contribution >= 0.6 is 28.3 Å². The SMILES string of the molecule is CCCC(C)(N)C(=O)N(C)Cc1cc(Br)ccc1F.Cl. The van der Waals surface area contributed by atoms with E-state index in [1.54, 1.807) is 26.1 Å². The van der Waals surface area contributed by atoms with E-state index < -0.39 is 5.54 Å². The lowest BCUT2D eigenvalue weighted by molar-refractivity contribution is -0.135. The van der Waals surface area contributed by atoms with Crippen LogP contribution in [0.1, 0.15) is 32.3 Å². The minimum Gasteiger partial charge on any atom is -0.340 e. The third-order valence-electron chi connectivity index (χ3n) is 3.02. The first kappa shape index (κ1) is 19.4. The highest BCUT2D eigenvalue weighted by molar-refractivity contribution is 9.10. The summed E-state index contributed by atoms with van der Waals surface area (Å²) in [5.74, 6) is -0.495. The molecule has 3 nitrogen and oxygen atoms in total. The first-order valence-electron chi connectivity index (χ1n) is 6.26. The highest BCUT2D eigenvalue weighted by atomic mass is 79.9. The lowest BCUT2D eigenvalue weighted by Gasteiger charge is -2.29. The van der Waals surface area contributed by atoms with Crippen molar-refractivity contribution in [3.05, 3.63) is 34.1 Å². The van der Waals surface area contributed by atoms with Gasteiger partial charge in [0.1, 0.15) is 5.82 Å².